The molecule has 7 heteroatoms. The molecule has 0 saturated carbocycles. The SMILES string of the molecule is O=C(ON=Cc1cc(F)cc(F)c1)N1CCOCC1. The highest BCUT2D eigenvalue weighted by molar-refractivity contribution is 5.80. The van der Waals surface area contributed by atoms with Gasteiger partial charge in [0.15, 0.2) is 0 Å². The first-order valence-electron chi connectivity index (χ1n) is 5.68. The number of carbonyl (C=O) groups is 1. The van der Waals surface area contributed by atoms with Crippen LogP contribution in [-0.4, -0.2) is 43.5 Å². The summed E-state index contributed by atoms with van der Waals surface area (Å²) in [4.78, 5) is 17.6. The van der Waals surface area contributed by atoms with E-state index in [1.165, 1.54) is 4.90 Å². The van der Waals surface area contributed by atoms with Crippen LogP contribution in [0.15, 0.2) is 23.4 Å². The molecule has 0 unspecified atom stereocenters. The number of hydrogen-bond donors (Lipinski definition) is 0. The van der Waals surface area contributed by atoms with Crippen molar-refractivity contribution in [1.82, 2.24) is 4.90 Å². The highest BCUT2D eigenvalue weighted by Crippen LogP contribution is 2.06. The number of ether oxygens (including phenoxy) is 1. The van der Waals surface area contributed by atoms with Crippen LogP contribution in [0.4, 0.5) is 13.6 Å². The van der Waals surface area contributed by atoms with E-state index in [-0.39, 0.29) is 5.56 Å². The molecule has 5 nitrogen and oxygen atoms in total. The third-order valence-electron chi connectivity index (χ3n) is 2.49. The van der Waals surface area contributed by atoms with Gasteiger partial charge in [-0.1, -0.05) is 5.16 Å². The Bertz CT molecular complexity index is 468. The largest absolute Gasteiger partial charge is 0.436 e. The monoisotopic (exact) mass is 270 g/mol. The van der Waals surface area contributed by atoms with E-state index < -0.39 is 17.7 Å². The molecule has 1 saturated heterocycles. The minimum atomic E-state index is -0.721. The van der Waals surface area contributed by atoms with Gasteiger partial charge >= 0.3 is 6.09 Å². The van der Waals surface area contributed by atoms with Gasteiger partial charge in [0.2, 0.25) is 0 Å². The molecule has 1 aliphatic heterocycles. The molecule has 19 heavy (non-hydrogen) atoms. The van der Waals surface area contributed by atoms with E-state index in [1.54, 1.807) is 0 Å². The molecule has 1 amide bonds. The summed E-state index contributed by atoms with van der Waals surface area (Å²) in [5, 5.41) is 3.41. The molecule has 0 spiro atoms. The number of carbonyl (C=O) groups excluding carboxylic acids is 1. The van der Waals surface area contributed by atoms with E-state index >= 15 is 0 Å². The summed E-state index contributed by atoms with van der Waals surface area (Å²) in [6.45, 7) is 1.77. The molecule has 0 aromatic heterocycles. The van der Waals surface area contributed by atoms with Crippen molar-refractivity contribution in [2.45, 2.75) is 0 Å². The number of amides is 1. The standard InChI is InChI=1S/C12H12F2N2O3/c13-10-5-9(6-11(14)7-10)8-15-19-12(17)16-1-3-18-4-2-16/h5-8H,1-4H2. The Balaban J connectivity index is 1.90. The lowest BCUT2D eigenvalue weighted by atomic mass is 10.2. The smallest absolute Gasteiger partial charge is 0.378 e. The minimum absolute atomic E-state index is 0.173. The fourth-order valence-corrected chi connectivity index (χ4v) is 1.59. The normalized spacial score (nSPS) is 15.8. The van der Waals surface area contributed by atoms with Gasteiger partial charge in [0.1, 0.15) is 11.6 Å². The maximum Gasteiger partial charge on any atom is 0.436 e. The average Bonchev–Trinajstić information content (AvgIpc) is 2.38. The quantitative estimate of drug-likeness (QED) is 0.467. The number of hydrogen-bond acceptors (Lipinski definition) is 4. The van der Waals surface area contributed by atoms with Crippen LogP contribution in [-0.2, 0) is 9.57 Å². The summed E-state index contributed by atoms with van der Waals surface area (Å²) in [5.74, 6) is -1.44. The minimum Gasteiger partial charge on any atom is -0.378 e. The fourth-order valence-electron chi connectivity index (χ4n) is 1.59. The average molecular weight is 270 g/mol. The van der Waals surface area contributed by atoms with Crippen LogP contribution in [0.3, 0.4) is 0 Å². The topological polar surface area (TPSA) is 51.1 Å². The second-order valence-corrected chi connectivity index (χ2v) is 3.89. The Morgan fingerprint density at radius 3 is 2.53 bits per heavy atom. The summed E-state index contributed by atoms with van der Waals surface area (Å²) in [7, 11) is 0. The third-order valence-corrected chi connectivity index (χ3v) is 2.49. The molecule has 0 atom stereocenters. The van der Waals surface area contributed by atoms with Crippen molar-refractivity contribution in [2.75, 3.05) is 26.3 Å². The molecule has 0 radical (unpaired) electrons. The van der Waals surface area contributed by atoms with Crippen molar-refractivity contribution in [2.24, 2.45) is 5.16 Å². The first-order chi connectivity index (χ1) is 9.15. The molecule has 0 aliphatic carbocycles. The molecule has 1 aromatic carbocycles. The fraction of sp³-hybridized carbons (Fsp3) is 0.333. The second kappa shape index (κ2) is 6.24. The predicted molar refractivity (Wildman–Crippen MR) is 62.8 cm³/mol. The molecule has 1 heterocycles. The number of nitrogens with zero attached hydrogens (tertiary/aromatic N) is 2. The van der Waals surface area contributed by atoms with Crippen LogP contribution in [0.5, 0.6) is 0 Å². The first-order valence-corrected chi connectivity index (χ1v) is 5.68. The molecule has 0 bridgehead atoms. The zero-order valence-corrected chi connectivity index (χ0v) is 10.0. The molecular weight excluding hydrogens is 258 g/mol. The van der Waals surface area contributed by atoms with E-state index in [2.05, 4.69) is 9.99 Å². The predicted octanol–water partition coefficient (Wildman–Crippen LogP) is 1.77. The first kappa shape index (κ1) is 13.4. The Hall–Kier alpha value is -2.02. The Kier molecular flexibility index (Phi) is 4.40. The van der Waals surface area contributed by atoms with Gasteiger partial charge in [0.05, 0.1) is 19.4 Å². The van der Waals surface area contributed by atoms with Crippen molar-refractivity contribution in [3.05, 3.63) is 35.4 Å². The van der Waals surface area contributed by atoms with Gasteiger partial charge < -0.3 is 9.64 Å². The summed E-state index contributed by atoms with van der Waals surface area (Å²) < 4.78 is 30.8. The van der Waals surface area contributed by atoms with Crippen LogP contribution in [0.1, 0.15) is 5.56 Å². The lowest BCUT2D eigenvalue weighted by Crippen LogP contribution is -2.40. The molecule has 1 aliphatic rings. The van der Waals surface area contributed by atoms with Gasteiger partial charge in [-0.25, -0.2) is 13.6 Å². The summed E-state index contributed by atoms with van der Waals surface area (Å²) in [6.07, 6.45) is 0.459. The number of halogens is 2. The van der Waals surface area contributed by atoms with E-state index in [0.717, 1.165) is 24.4 Å². The van der Waals surface area contributed by atoms with E-state index in [4.69, 9.17) is 4.74 Å². The van der Waals surface area contributed by atoms with Crippen molar-refractivity contribution < 1.29 is 23.1 Å². The van der Waals surface area contributed by atoms with Gasteiger partial charge in [0.25, 0.3) is 0 Å². The maximum atomic E-state index is 12.9. The summed E-state index contributed by atoms with van der Waals surface area (Å²) in [6, 6.07) is 2.90. The van der Waals surface area contributed by atoms with Crippen LogP contribution in [0.2, 0.25) is 0 Å². The number of benzene rings is 1. The van der Waals surface area contributed by atoms with Crippen molar-refractivity contribution in [3.63, 3.8) is 0 Å². The van der Waals surface area contributed by atoms with Crippen LogP contribution >= 0.6 is 0 Å². The molecule has 1 aromatic rings. The molecule has 2 rings (SSSR count). The van der Waals surface area contributed by atoms with E-state index in [1.807, 2.05) is 0 Å². The zero-order valence-electron chi connectivity index (χ0n) is 10.0. The van der Waals surface area contributed by atoms with Gasteiger partial charge in [-0.3, -0.25) is 4.84 Å². The van der Waals surface area contributed by atoms with Gasteiger partial charge in [-0.2, -0.15) is 0 Å². The Labute approximate surface area is 108 Å². The van der Waals surface area contributed by atoms with Crippen LogP contribution in [0.25, 0.3) is 0 Å². The molecule has 0 N–H and O–H groups in total. The number of rotatable bonds is 2. The number of oxime groups is 1. The third kappa shape index (κ3) is 3.99. The van der Waals surface area contributed by atoms with Gasteiger partial charge in [-0.05, 0) is 12.1 Å². The zero-order chi connectivity index (χ0) is 13.7. The Morgan fingerprint density at radius 1 is 1.26 bits per heavy atom. The molecule has 1 fully saturated rings. The highest BCUT2D eigenvalue weighted by Gasteiger charge is 2.17. The molecular formula is C12H12F2N2O3. The van der Waals surface area contributed by atoms with Crippen LogP contribution < -0.4 is 0 Å². The van der Waals surface area contributed by atoms with Crippen molar-refractivity contribution in [3.8, 4) is 0 Å². The second-order valence-electron chi connectivity index (χ2n) is 3.89. The van der Waals surface area contributed by atoms with Gasteiger partial charge in [0, 0.05) is 24.7 Å². The van der Waals surface area contributed by atoms with E-state index in [0.29, 0.717) is 26.3 Å². The van der Waals surface area contributed by atoms with Crippen molar-refractivity contribution >= 4 is 12.3 Å². The van der Waals surface area contributed by atoms with Gasteiger partial charge in [-0.15, -0.1) is 0 Å². The maximum absolute atomic E-state index is 12.9. The van der Waals surface area contributed by atoms with Crippen molar-refractivity contribution in [1.29, 1.82) is 0 Å². The Morgan fingerprint density at radius 2 is 1.89 bits per heavy atom. The number of morpholine rings is 1. The lowest BCUT2D eigenvalue weighted by Gasteiger charge is -2.24. The molecule has 102 valence electrons. The lowest BCUT2D eigenvalue weighted by molar-refractivity contribution is 0.0281. The highest BCUT2D eigenvalue weighted by atomic mass is 19.1. The van der Waals surface area contributed by atoms with E-state index in [9.17, 15) is 13.6 Å². The van der Waals surface area contributed by atoms with Crippen LogP contribution in [0, 0.1) is 11.6 Å². The summed E-state index contributed by atoms with van der Waals surface area (Å²) >= 11 is 0. The summed E-state index contributed by atoms with van der Waals surface area (Å²) in [5.41, 5.74) is 0.173.